The lowest BCUT2D eigenvalue weighted by Gasteiger charge is -2.39. The Labute approximate surface area is 143 Å². The van der Waals surface area contributed by atoms with Crippen molar-refractivity contribution in [2.24, 2.45) is 0 Å². The highest BCUT2D eigenvalue weighted by Crippen LogP contribution is 2.18. The molecule has 2 heterocycles. The van der Waals surface area contributed by atoms with E-state index >= 15 is 0 Å². The summed E-state index contributed by atoms with van der Waals surface area (Å²) in [5.41, 5.74) is -0.925. The van der Waals surface area contributed by atoms with E-state index in [2.05, 4.69) is 10.2 Å². The molecule has 2 aliphatic heterocycles. The number of rotatable bonds is 4. The lowest BCUT2D eigenvalue weighted by atomic mass is 10.0. The highest BCUT2D eigenvalue weighted by molar-refractivity contribution is 5.86. The second-order valence-electron chi connectivity index (χ2n) is 6.28. The highest BCUT2D eigenvalue weighted by atomic mass is 16.5. The van der Waals surface area contributed by atoms with Gasteiger partial charge < -0.3 is 25.0 Å². The summed E-state index contributed by atoms with van der Waals surface area (Å²) in [7, 11) is 0. The summed E-state index contributed by atoms with van der Waals surface area (Å²) >= 11 is 0. The SMILES string of the molecule is CC(=O)N1CCOC(C)(C(=O)NCCN2CCCCC2)C1.O=CO. The van der Waals surface area contributed by atoms with Gasteiger partial charge in [0, 0.05) is 26.6 Å². The number of hydrogen-bond acceptors (Lipinski definition) is 5. The summed E-state index contributed by atoms with van der Waals surface area (Å²) in [5.74, 6) is -0.129. The number of likely N-dealkylation sites (tertiary alicyclic amines) is 1. The lowest BCUT2D eigenvalue weighted by molar-refractivity contribution is -0.162. The summed E-state index contributed by atoms with van der Waals surface area (Å²) in [6.45, 7) is 8.12. The molecule has 1 unspecified atom stereocenters. The molecule has 2 amide bonds. The minimum atomic E-state index is -0.925. The molecule has 138 valence electrons. The van der Waals surface area contributed by atoms with E-state index in [1.807, 2.05) is 0 Å². The number of morpholine rings is 1. The molecular formula is C16H29N3O5. The highest BCUT2D eigenvalue weighted by Gasteiger charge is 2.39. The van der Waals surface area contributed by atoms with Crippen LogP contribution in [-0.2, 0) is 19.1 Å². The van der Waals surface area contributed by atoms with E-state index in [1.54, 1.807) is 11.8 Å². The van der Waals surface area contributed by atoms with Crippen molar-refractivity contribution in [2.75, 3.05) is 45.9 Å². The van der Waals surface area contributed by atoms with E-state index in [0.717, 1.165) is 19.6 Å². The molecule has 8 nitrogen and oxygen atoms in total. The van der Waals surface area contributed by atoms with E-state index in [0.29, 0.717) is 26.2 Å². The molecule has 0 bridgehead atoms. The lowest BCUT2D eigenvalue weighted by Crippen LogP contribution is -2.59. The van der Waals surface area contributed by atoms with E-state index in [1.165, 1.54) is 26.2 Å². The third kappa shape index (κ3) is 6.45. The topological polar surface area (TPSA) is 99.2 Å². The first kappa shape index (κ1) is 20.4. The average molecular weight is 343 g/mol. The summed E-state index contributed by atoms with van der Waals surface area (Å²) in [5, 5.41) is 9.84. The zero-order chi connectivity index (χ0) is 18.0. The Kier molecular flexibility index (Phi) is 8.70. The van der Waals surface area contributed by atoms with Gasteiger partial charge >= 0.3 is 0 Å². The number of nitrogens with zero attached hydrogens (tertiary/aromatic N) is 2. The van der Waals surface area contributed by atoms with Gasteiger partial charge in [0.1, 0.15) is 0 Å². The molecule has 2 rings (SSSR count). The maximum absolute atomic E-state index is 12.3. The van der Waals surface area contributed by atoms with Crippen LogP contribution in [0, 0.1) is 0 Å². The Balaban J connectivity index is 0.000000891. The van der Waals surface area contributed by atoms with Crippen molar-refractivity contribution < 1.29 is 24.2 Å². The van der Waals surface area contributed by atoms with Crippen LogP contribution in [0.2, 0.25) is 0 Å². The molecule has 0 aliphatic carbocycles. The van der Waals surface area contributed by atoms with Gasteiger partial charge in [-0.15, -0.1) is 0 Å². The third-order valence-corrected chi connectivity index (χ3v) is 4.36. The average Bonchev–Trinajstić information content (AvgIpc) is 2.56. The van der Waals surface area contributed by atoms with E-state index in [4.69, 9.17) is 14.6 Å². The normalized spacial score (nSPS) is 24.5. The molecule has 2 N–H and O–H groups in total. The number of carboxylic acid groups (broad SMARTS) is 1. The molecule has 24 heavy (non-hydrogen) atoms. The third-order valence-electron chi connectivity index (χ3n) is 4.36. The van der Waals surface area contributed by atoms with Crippen LogP contribution >= 0.6 is 0 Å². The number of carbonyl (C=O) groups excluding carboxylic acids is 2. The Morgan fingerprint density at radius 3 is 2.46 bits per heavy atom. The second-order valence-corrected chi connectivity index (χ2v) is 6.28. The Morgan fingerprint density at radius 1 is 1.25 bits per heavy atom. The number of ether oxygens (including phenoxy) is 1. The van der Waals surface area contributed by atoms with Crippen molar-refractivity contribution >= 4 is 18.3 Å². The Morgan fingerprint density at radius 2 is 1.88 bits per heavy atom. The van der Waals surface area contributed by atoms with E-state index in [-0.39, 0.29) is 18.3 Å². The number of hydrogen-bond donors (Lipinski definition) is 2. The first-order valence-corrected chi connectivity index (χ1v) is 8.41. The molecule has 0 aromatic carbocycles. The predicted molar refractivity (Wildman–Crippen MR) is 88.6 cm³/mol. The maximum atomic E-state index is 12.3. The van der Waals surface area contributed by atoms with Crippen LogP contribution in [0.15, 0.2) is 0 Å². The number of amides is 2. The molecule has 0 aromatic heterocycles. The summed E-state index contributed by atoms with van der Waals surface area (Å²) < 4.78 is 5.63. The van der Waals surface area contributed by atoms with Gasteiger partial charge in [0.25, 0.3) is 12.4 Å². The first-order valence-electron chi connectivity index (χ1n) is 8.41. The molecular weight excluding hydrogens is 314 g/mol. The molecule has 0 radical (unpaired) electrons. The largest absolute Gasteiger partial charge is 0.483 e. The van der Waals surface area contributed by atoms with Crippen LogP contribution in [0.1, 0.15) is 33.1 Å². The van der Waals surface area contributed by atoms with Crippen LogP contribution in [0.25, 0.3) is 0 Å². The Hall–Kier alpha value is -1.67. The molecule has 0 aromatic rings. The quantitative estimate of drug-likeness (QED) is 0.693. The van der Waals surface area contributed by atoms with E-state index in [9.17, 15) is 9.59 Å². The van der Waals surface area contributed by atoms with Gasteiger partial charge in [0.05, 0.1) is 13.2 Å². The molecule has 0 saturated carbocycles. The standard InChI is InChI=1S/C15H27N3O3.CH2O2/c1-13(19)18-10-11-21-15(2,12-18)14(20)16-6-9-17-7-4-3-5-8-17;2-1-3/h3-12H2,1-2H3,(H,16,20);1H,(H,2,3). The number of nitrogens with one attached hydrogen (secondary N) is 1. The second kappa shape index (κ2) is 10.2. The number of piperidine rings is 1. The van der Waals surface area contributed by atoms with Gasteiger partial charge in [-0.05, 0) is 32.9 Å². The van der Waals surface area contributed by atoms with Gasteiger partial charge in [-0.2, -0.15) is 0 Å². The fraction of sp³-hybridized carbons (Fsp3) is 0.812. The van der Waals surface area contributed by atoms with Crippen LogP contribution < -0.4 is 5.32 Å². The van der Waals surface area contributed by atoms with Crippen molar-refractivity contribution in [1.82, 2.24) is 15.1 Å². The molecule has 1 atom stereocenters. The number of carbonyl (C=O) groups is 3. The van der Waals surface area contributed by atoms with Crippen LogP contribution in [0.4, 0.5) is 0 Å². The monoisotopic (exact) mass is 343 g/mol. The minimum Gasteiger partial charge on any atom is -0.483 e. The maximum Gasteiger partial charge on any atom is 0.290 e. The van der Waals surface area contributed by atoms with E-state index < -0.39 is 5.60 Å². The van der Waals surface area contributed by atoms with Crippen LogP contribution in [0.3, 0.4) is 0 Å². The van der Waals surface area contributed by atoms with Gasteiger partial charge in [-0.3, -0.25) is 14.4 Å². The smallest absolute Gasteiger partial charge is 0.290 e. The summed E-state index contributed by atoms with van der Waals surface area (Å²) in [6.07, 6.45) is 3.82. The van der Waals surface area contributed by atoms with Crippen molar-refractivity contribution in [3.8, 4) is 0 Å². The fourth-order valence-corrected chi connectivity index (χ4v) is 2.97. The predicted octanol–water partition coefficient (Wildman–Crippen LogP) is -0.0733. The zero-order valence-corrected chi connectivity index (χ0v) is 14.6. The molecule has 0 spiro atoms. The molecule has 2 fully saturated rings. The molecule has 2 saturated heterocycles. The van der Waals surface area contributed by atoms with Crippen LogP contribution in [0.5, 0.6) is 0 Å². The molecule has 8 heteroatoms. The van der Waals surface area contributed by atoms with Crippen LogP contribution in [-0.4, -0.2) is 84.7 Å². The van der Waals surface area contributed by atoms with Crippen molar-refractivity contribution in [3.05, 3.63) is 0 Å². The van der Waals surface area contributed by atoms with Crippen molar-refractivity contribution in [3.63, 3.8) is 0 Å². The summed E-state index contributed by atoms with van der Waals surface area (Å²) in [6, 6.07) is 0. The van der Waals surface area contributed by atoms with Crippen molar-refractivity contribution in [1.29, 1.82) is 0 Å². The fourth-order valence-electron chi connectivity index (χ4n) is 2.97. The van der Waals surface area contributed by atoms with Crippen molar-refractivity contribution in [2.45, 2.75) is 38.7 Å². The first-order chi connectivity index (χ1) is 11.4. The van der Waals surface area contributed by atoms with Gasteiger partial charge in [0.2, 0.25) is 5.91 Å². The van der Waals surface area contributed by atoms with Gasteiger partial charge in [-0.1, -0.05) is 6.42 Å². The van der Waals surface area contributed by atoms with Gasteiger partial charge in [-0.25, -0.2) is 0 Å². The minimum absolute atomic E-state index is 0.00867. The zero-order valence-electron chi connectivity index (χ0n) is 14.6. The molecule has 2 aliphatic rings. The van der Waals surface area contributed by atoms with Gasteiger partial charge in [0.15, 0.2) is 5.60 Å². The Bertz CT molecular complexity index is 426. The summed E-state index contributed by atoms with van der Waals surface area (Å²) in [4.78, 5) is 36.2.